The van der Waals surface area contributed by atoms with Gasteiger partial charge in [0.2, 0.25) is 0 Å². The number of anilines is 4. The summed E-state index contributed by atoms with van der Waals surface area (Å²) in [6, 6.07) is 13.5. The van der Waals surface area contributed by atoms with Gasteiger partial charge in [-0.05, 0) is 43.2 Å². The zero-order valence-electron chi connectivity index (χ0n) is 15.3. The summed E-state index contributed by atoms with van der Waals surface area (Å²) in [5.41, 5.74) is 4.20. The molecule has 0 spiro atoms. The number of ether oxygens (including phenoxy) is 2. The van der Waals surface area contributed by atoms with E-state index < -0.39 is 0 Å². The normalized spacial score (nSPS) is 10.3. The van der Waals surface area contributed by atoms with E-state index in [9.17, 15) is 0 Å². The van der Waals surface area contributed by atoms with Crippen LogP contribution in [0.1, 0.15) is 11.1 Å². The number of nitrogens with zero attached hydrogens (tertiary/aromatic N) is 2. The summed E-state index contributed by atoms with van der Waals surface area (Å²) >= 11 is 0. The Kier molecular flexibility index (Phi) is 5.22. The predicted octanol–water partition coefficient (Wildman–Crippen LogP) is 4.60. The van der Waals surface area contributed by atoms with Crippen LogP contribution in [0.2, 0.25) is 0 Å². The molecule has 2 N–H and O–H groups in total. The van der Waals surface area contributed by atoms with E-state index >= 15 is 0 Å². The van der Waals surface area contributed by atoms with E-state index in [1.54, 1.807) is 14.2 Å². The quantitative estimate of drug-likeness (QED) is 0.677. The Morgan fingerprint density at radius 2 is 1.54 bits per heavy atom. The van der Waals surface area contributed by atoms with Crippen molar-refractivity contribution in [1.82, 2.24) is 9.97 Å². The first-order chi connectivity index (χ1) is 12.6. The molecule has 0 fully saturated rings. The van der Waals surface area contributed by atoms with Crippen LogP contribution in [0.3, 0.4) is 0 Å². The smallest absolute Gasteiger partial charge is 0.142 e. The van der Waals surface area contributed by atoms with Crippen LogP contribution < -0.4 is 20.1 Å². The lowest BCUT2D eigenvalue weighted by molar-refractivity contribution is 0.405. The molecule has 0 atom stereocenters. The van der Waals surface area contributed by atoms with Crippen LogP contribution >= 0.6 is 0 Å². The van der Waals surface area contributed by atoms with E-state index in [1.165, 1.54) is 17.5 Å². The number of methoxy groups -OCH3 is 2. The molecular formula is C20H22N4O2. The Morgan fingerprint density at radius 1 is 0.808 bits per heavy atom. The van der Waals surface area contributed by atoms with Crippen molar-refractivity contribution in [3.05, 3.63) is 59.9 Å². The summed E-state index contributed by atoms with van der Waals surface area (Å²) in [4.78, 5) is 8.59. The maximum Gasteiger partial charge on any atom is 0.142 e. The van der Waals surface area contributed by atoms with Gasteiger partial charge in [0.15, 0.2) is 0 Å². The third kappa shape index (κ3) is 3.85. The number of rotatable bonds is 6. The molecule has 26 heavy (non-hydrogen) atoms. The van der Waals surface area contributed by atoms with Crippen LogP contribution in [0.25, 0.3) is 0 Å². The van der Waals surface area contributed by atoms with Gasteiger partial charge in [0.1, 0.15) is 29.5 Å². The van der Waals surface area contributed by atoms with Gasteiger partial charge in [0, 0.05) is 17.8 Å². The molecule has 0 saturated heterocycles. The first kappa shape index (κ1) is 17.5. The number of aryl methyl sites for hydroxylation is 1. The van der Waals surface area contributed by atoms with Gasteiger partial charge < -0.3 is 20.1 Å². The Bertz CT molecular complexity index is 912. The number of hydrogen-bond acceptors (Lipinski definition) is 6. The van der Waals surface area contributed by atoms with Gasteiger partial charge >= 0.3 is 0 Å². The molecule has 0 aliphatic heterocycles. The van der Waals surface area contributed by atoms with Crippen molar-refractivity contribution in [3.8, 4) is 11.5 Å². The van der Waals surface area contributed by atoms with Crippen LogP contribution in [-0.4, -0.2) is 24.2 Å². The van der Waals surface area contributed by atoms with E-state index in [0.717, 1.165) is 17.1 Å². The molecule has 3 rings (SSSR count). The molecule has 6 heteroatoms. The standard InChI is InChI=1S/C20H22N4O2/c1-13-6-5-7-16(14(13)2)23-19-11-20(22-12-21-19)24-17-10-15(25-3)8-9-18(17)26-4/h5-12H,1-4H3,(H2,21,22,23,24). The second-order valence-corrected chi connectivity index (χ2v) is 5.85. The first-order valence-corrected chi connectivity index (χ1v) is 8.25. The topological polar surface area (TPSA) is 68.3 Å². The van der Waals surface area contributed by atoms with Crippen LogP contribution in [0.4, 0.5) is 23.0 Å². The minimum atomic E-state index is 0.652. The lowest BCUT2D eigenvalue weighted by atomic mass is 10.1. The molecule has 0 saturated carbocycles. The van der Waals surface area contributed by atoms with E-state index in [-0.39, 0.29) is 0 Å². The zero-order valence-corrected chi connectivity index (χ0v) is 15.3. The molecule has 0 unspecified atom stereocenters. The molecule has 0 amide bonds. The van der Waals surface area contributed by atoms with Gasteiger partial charge in [0.25, 0.3) is 0 Å². The second-order valence-electron chi connectivity index (χ2n) is 5.85. The van der Waals surface area contributed by atoms with E-state index in [1.807, 2.05) is 36.4 Å². The monoisotopic (exact) mass is 350 g/mol. The van der Waals surface area contributed by atoms with Crippen LogP contribution in [0.15, 0.2) is 48.8 Å². The second kappa shape index (κ2) is 7.74. The average Bonchev–Trinajstić information content (AvgIpc) is 2.66. The summed E-state index contributed by atoms with van der Waals surface area (Å²) in [5.74, 6) is 2.79. The number of nitrogens with one attached hydrogen (secondary N) is 2. The molecule has 3 aromatic rings. The van der Waals surface area contributed by atoms with Gasteiger partial charge in [-0.2, -0.15) is 0 Å². The zero-order chi connectivity index (χ0) is 18.5. The van der Waals surface area contributed by atoms with Crippen molar-refractivity contribution in [1.29, 1.82) is 0 Å². The van der Waals surface area contributed by atoms with Gasteiger partial charge in [-0.15, -0.1) is 0 Å². The van der Waals surface area contributed by atoms with Crippen molar-refractivity contribution in [3.63, 3.8) is 0 Å². The highest BCUT2D eigenvalue weighted by Crippen LogP contribution is 2.31. The van der Waals surface area contributed by atoms with Gasteiger partial charge in [-0.25, -0.2) is 9.97 Å². The van der Waals surface area contributed by atoms with Gasteiger partial charge in [0.05, 0.1) is 19.9 Å². The number of benzene rings is 2. The Hall–Kier alpha value is -3.28. The fourth-order valence-corrected chi connectivity index (χ4v) is 2.57. The van der Waals surface area contributed by atoms with Crippen LogP contribution in [-0.2, 0) is 0 Å². The summed E-state index contributed by atoms with van der Waals surface area (Å²) in [6.45, 7) is 4.17. The van der Waals surface area contributed by atoms with Crippen molar-refractivity contribution in [2.75, 3.05) is 24.9 Å². The third-order valence-corrected chi connectivity index (χ3v) is 4.20. The Labute approximate surface area is 153 Å². The minimum absolute atomic E-state index is 0.652. The molecule has 0 aliphatic rings. The molecule has 134 valence electrons. The summed E-state index contributed by atoms with van der Waals surface area (Å²) in [5, 5.41) is 6.60. The van der Waals surface area contributed by atoms with Crippen LogP contribution in [0.5, 0.6) is 11.5 Å². The van der Waals surface area contributed by atoms with Crippen molar-refractivity contribution < 1.29 is 9.47 Å². The Balaban J connectivity index is 1.85. The van der Waals surface area contributed by atoms with E-state index in [0.29, 0.717) is 17.4 Å². The molecular weight excluding hydrogens is 328 g/mol. The minimum Gasteiger partial charge on any atom is -0.497 e. The maximum atomic E-state index is 5.39. The van der Waals surface area contributed by atoms with E-state index in [2.05, 4.69) is 40.5 Å². The Morgan fingerprint density at radius 3 is 2.23 bits per heavy atom. The molecule has 1 heterocycles. The first-order valence-electron chi connectivity index (χ1n) is 8.25. The third-order valence-electron chi connectivity index (χ3n) is 4.20. The van der Waals surface area contributed by atoms with Crippen molar-refractivity contribution in [2.24, 2.45) is 0 Å². The summed E-state index contributed by atoms with van der Waals surface area (Å²) in [6.07, 6.45) is 1.52. The number of aromatic nitrogens is 2. The highest BCUT2D eigenvalue weighted by Gasteiger charge is 2.08. The summed E-state index contributed by atoms with van der Waals surface area (Å²) in [7, 11) is 3.25. The van der Waals surface area contributed by atoms with Crippen molar-refractivity contribution >= 4 is 23.0 Å². The van der Waals surface area contributed by atoms with Gasteiger partial charge in [-0.3, -0.25) is 0 Å². The molecule has 1 aromatic heterocycles. The molecule has 0 radical (unpaired) electrons. The fraction of sp³-hybridized carbons (Fsp3) is 0.200. The fourth-order valence-electron chi connectivity index (χ4n) is 2.57. The van der Waals surface area contributed by atoms with Crippen molar-refractivity contribution in [2.45, 2.75) is 13.8 Å². The largest absolute Gasteiger partial charge is 0.497 e. The average molecular weight is 350 g/mol. The summed E-state index contributed by atoms with van der Waals surface area (Å²) < 4.78 is 10.7. The predicted molar refractivity (Wildman–Crippen MR) is 104 cm³/mol. The molecule has 0 bridgehead atoms. The maximum absolute atomic E-state index is 5.39. The lowest BCUT2D eigenvalue weighted by Gasteiger charge is -2.14. The van der Waals surface area contributed by atoms with Gasteiger partial charge in [-0.1, -0.05) is 12.1 Å². The SMILES string of the molecule is COc1ccc(OC)c(Nc2cc(Nc3cccc(C)c3C)ncn2)c1. The highest BCUT2D eigenvalue weighted by molar-refractivity contribution is 5.69. The molecule has 2 aromatic carbocycles. The molecule has 6 nitrogen and oxygen atoms in total. The lowest BCUT2D eigenvalue weighted by Crippen LogP contribution is -2.01. The highest BCUT2D eigenvalue weighted by atomic mass is 16.5. The van der Waals surface area contributed by atoms with E-state index in [4.69, 9.17) is 9.47 Å². The van der Waals surface area contributed by atoms with Crippen LogP contribution in [0, 0.1) is 13.8 Å². The molecule has 0 aliphatic carbocycles. The number of hydrogen-bond donors (Lipinski definition) is 2.